The third-order valence-electron chi connectivity index (χ3n) is 3.73. The van der Waals surface area contributed by atoms with E-state index in [1.165, 1.54) is 28.0 Å². The Morgan fingerprint density at radius 1 is 1.30 bits per heavy atom. The van der Waals surface area contributed by atoms with Crippen LogP contribution in [0.1, 0.15) is 30.1 Å². The molecule has 0 saturated carbocycles. The predicted molar refractivity (Wildman–Crippen MR) is 106 cm³/mol. The van der Waals surface area contributed by atoms with Crippen LogP contribution in [0.25, 0.3) is 11.0 Å². The van der Waals surface area contributed by atoms with Crippen LogP contribution in [-0.4, -0.2) is 27.2 Å². The predicted octanol–water partition coefficient (Wildman–Crippen LogP) is 2.90. The summed E-state index contributed by atoms with van der Waals surface area (Å²) in [6.45, 7) is 4.56. The Labute approximate surface area is 160 Å². The van der Waals surface area contributed by atoms with E-state index in [1.54, 1.807) is 13.0 Å². The van der Waals surface area contributed by atoms with Crippen LogP contribution in [0.2, 0.25) is 0 Å². The van der Waals surface area contributed by atoms with Gasteiger partial charge in [0.25, 0.3) is 5.56 Å². The lowest BCUT2D eigenvalue weighted by atomic mass is 10.2. The molecule has 0 aliphatic carbocycles. The van der Waals surface area contributed by atoms with Crippen molar-refractivity contribution in [2.75, 3.05) is 11.9 Å². The number of esters is 1. The van der Waals surface area contributed by atoms with Crippen molar-refractivity contribution in [2.24, 2.45) is 0 Å². The topological polar surface area (TPSA) is 85.6 Å². The molecule has 0 spiro atoms. The molecule has 0 unspecified atom stereocenters. The van der Waals surface area contributed by atoms with Crippen LogP contribution < -0.4 is 10.9 Å². The number of nitrogens with one attached hydrogen (secondary N) is 1. The van der Waals surface area contributed by atoms with E-state index in [1.807, 2.05) is 31.2 Å². The summed E-state index contributed by atoms with van der Waals surface area (Å²) in [5.41, 5.74) is 2.27. The first-order chi connectivity index (χ1) is 13.1. The average molecular weight is 384 g/mol. The fourth-order valence-electron chi connectivity index (χ4n) is 2.39. The number of carbonyl (C=O) groups excluding carboxylic acids is 1. The van der Waals surface area contributed by atoms with Crippen LogP contribution in [-0.2, 0) is 22.5 Å². The molecule has 1 aromatic carbocycles. The van der Waals surface area contributed by atoms with E-state index >= 15 is 0 Å². The second kappa shape index (κ2) is 8.59. The molecule has 1 N–H and O–H groups in total. The van der Waals surface area contributed by atoms with Gasteiger partial charge in [-0.2, -0.15) is 9.61 Å². The standard InChI is InChI=1S/C19H20N4O3S/c1-3-16-22-23-17(24)11-15(21-19(23)27-16)12-20-14-8-5-13(6-9-14)7-10-18(25)26-4-2/h5-11,20H,3-4,12H2,1-2H3/b10-7+. The first kappa shape index (κ1) is 18.8. The monoisotopic (exact) mass is 384 g/mol. The van der Waals surface area contributed by atoms with Gasteiger partial charge in [0.2, 0.25) is 4.96 Å². The van der Waals surface area contributed by atoms with Crippen LogP contribution in [0.5, 0.6) is 0 Å². The quantitative estimate of drug-likeness (QED) is 0.498. The molecule has 140 valence electrons. The molecular weight excluding hydrogens is 364 g/mol. The zero-order valence-corrected chi connectivity index (χ0v) is 16.0. The first-order valence-corrected chi connectivity index (χ1v) is 9.48. The summed E-state index contributed by atoms with van der Waals surface area (Å²) in [7, 11) is 0. The van der Waals surface area contributed by atoms with Gasteiger partial charge in [-0.15, -0.1) is 0 Å². The second-order valence-electron chi connectivity index (χ2n) is 5.69. The van der Waals surface area contributed by atoms with Crippen LogP contribution in [0, 0.1) is 0 Å². The van der Waals surface area contributed by atoms with Gasteiger partial charge in [-0.05, 0) is 37.1 Å². The van der Waals surface area contributed by atoms with Crippen LogP contribution in [0.15, 0.2) is 41.2 Å². The molecule has 3 rings (SSSR count). The van der Waals surface area contributed by atoms with Crippen molar-refractivity contribution in [3.8, 4) is 0 Å². The minimum Gasteiger partial charge on any atom is -0.463 e. The number of nitrogens with zero attached hydrogens (tertiary/aromatic N) is 3. The summed E-state index contributed by atoms with van der Waals surface area (Å²) in [4.78, 5) is 28.6. The molecule has 0 aliphatic heterocycles. The van der Waals surface area contributed by atoms with Crippen molar-refractivity contribution in [3.05, 3.63) is 63.0 Å². The van der Waals surface area contributed by atoms with Gasteiger partial charge in [-0.1, -0.05) is 30.4 Å². The van der Waals surface area contributed by atoms with Gasteiger partial charge in [0.05, 0.1) is 18.8 Å². The first-order valence-electron chi connectivity index (χ1n) is 8.66. The van der Waals surface area contributed by atoms with Gasteiger partial charge in [0.15, 0.2) is 0 Å². The molecule has 7 nitrogen and oxygen atoms in total. The molecule has 0 bridgehead atoms. The molecule has 2 heterocycles. The van der Waals surface area contributed by atoms with Crippen molar-refractivity contribution < 1.29 is 9.53 Å². The van der Waals surface area contributed by atoms with Crippen molar-refractivity contribution in [2.45, 2.75) is 26.8 Å². The van der Waals surface area contributed by atoms with Crippen molar-refractivity contribution in [1.29, 1.82) is 0 Å². The van der Waals surface area contributed by atoms with E-state index in [2.05, 4.69) is 15.4 Å². The number of fused-ring (bicyclic) bond motifs is 1. The van der Waals surface area contributed by atoms with Gasteiger partial charge in [-0.25, -0.2) is 9.78 Å². The molecule has 0 amide bonds. The molecule has 3 aromatic rings. The highest BCUT2D eigenvalue weighted by Crippen LogP contribution is 2.14. The maximum absolute atomic E-state index is 12.2. The van der Waals surface area contributed by atoms with E-state index in [4.69, 9.17) is 4.74 Å². The van der Waals surface area contributed by atoms with Crippen LogP contribution in [0.3, 0.4) is 0 Å². The van der Waals surface area contributed by atoms with Gasteiger partial charge in [0, 0.05) is 17.8 Å². The lowest BCUT2D eigenvalue weighted by Crippen LogP contribution is -2.16. The molecule has 8 heteroatoms. The van der Waals surface area contributed by atoms with Gasteiger partial charge < -0.3 is 10.1 Å². The maximum atomic E-state index is 12.2. The Kier molecular flexibility index (Phi) is 5.97. The number of rotatable bonds is 7. The van der Waals surface area contributed by atoms with E-state index in [9.17, 15) is 9.59 Å². The number of anilines is 1. The van der Waals surface area contributed by atoms with Crippen LogP contribution >= 0.6 is 11.3 Å². The maximum Gasteiger partial charge on any atom is 0.330 e. The highest BCUT2D eigenvalue weighted by atomic mass is 32.1. The number of aromatic nitrogens is 3. The van der Waals surface area contributed by atoms with E-state index in [-0.39, 0.29) is 11.5 Å². The van der Waals surface area contributed by atoms with Gasteiger partial charge >= 0.3 is 5.97 Å². The molecular formula is C19H20N4O3S. The largest absolute Gasteiger partial charge is 0.463 e. The van der Waals surface area contributed by atoms with Crippen molar-refractivity contribution in [1.82, 2.24) is 14.6 Å². The third-order valence-corrected chi connectivity index (χ3v) is 4.78. The van der Waals surface area contributed by atoms with Crippen molar-refractivity contribution >= 4 is 34.0 Å². The summed E-state index contributed by atoms with van der Waals surface area (Å²) >= 11 is 1.43. The number of benzene rings is 1. The van der Waals surface area contributed by atoms with Crippen molar-refractivity contribution in [3.63, 3.8) is 0 Å². The minimum absolute atomic E-state index is 0.174. The zero-order valence-electron chi connectivity index (χ0n) is 15.1. The Hall–Kier alpha value is -3.00. The highest BCUT2D eigenvalue weighted by Gasteiger charge is 2.08. The summed E-state index contributed by atoms with van der Waals surface area (Å²) in [6, 6.07) is 9.08. The normalized spacial score (nSPS) is 11.2. The number of carbonyl (C=O) groups is 1. The van der Waals surface area contributed by atoms with Crippen LogP contribution in [0.4, 0.5) is 5.69 Å². The second-order valence-corrected chi connectivity index (χ2v) is 6.73. The fourth-order valence-corrected chi connectivity index (χ4v) is 3.25. The number of hydrogen-bond acceptors (Lipinski definition) is 7. The molecule has 0 aliphatic rings. The summed E-state index contributed by atoms with van der Waals surface area (Å²) in [6.07, 6.45) is 3.88. The Bertz CT molecular complexity index is 1020. The lowest BCUT2D eigenvalue weighted by Gasteiger charge is -2.06. The summed E-state index contributed by atoms with van der Waals surface area (Å²) < 4.78 is 6.19. The fraction of sp³-hybridized carbons (Fsp3) is 0.263. The lowest BCUT2D eigenvalue weighted by molar-refractivity contribution is -0.137. The number of aryl methyl sites for hydroxylation is 1. The Balaban J connectivity index is 1.65. The Morgan fingerprint density at radius 3 is 2.78 bits per heavy atom. The Morgan fingerprint density at radius 2 is 2.07 bits per heavy atom. The highest BCUT2D eigenvalue weighted by molar-refractivity contribution is 7.16. The molecule has 0 fully saturated rings. The number of ether oxygens (including phenoxy) is 1. The average Bonchev–Trinajstić information content (AvgIpc) is 3.10. The van der Waals surface area contributed by atoms with E-state index < -0.39 is 0 Å². The smallest absolute Gasteiger partial charge is 0.330 e. The zero-order chi connectivity index (χ0) is 19.2. The molecule has 0 atom stereocenters. The summed E-state index contributed by atoms with van der Waals surface area (Å²) in [5.74, 6) is -0.359. The van der Waals surface area contributed by atoms with Gasteiger partial charge in [-0.3, -0.25) is 4.79 Å². The molecule has 27 heavy (non-hydrogen) atoms. The molecule has 0 saturated heterocycles. The molecule has 0 radical (unpaired) electrons. The summed E-state index contributed by atoms with van der Waals surface area (Å²) in [5, 5.41) is 8.37. The van der Waals surface area contributed by atoms with E-state index in [0.29, 0.717) is 23.8 Å². The van der Waals surface area contributed by atoms with Gasteiger partial charge in [0.1, 0.15) is 5.01 Å². The number of hydrogen-bond donors (Lipinski definition) is 1. The third kappa shape index (κ3) is 4.79. The minimum atomic E-state index is -0.359. The SMILES string of the molecule is CCOC(=O)/C=C/c1ccc(NCc2cc(=O)n3nc(CC)sc3n2)cc1. The molecule has 2 aromatic heterocycles. The van der Waals surface area contributed by atoms with E-state index in [0.717, 1.165) is 22.7 Å².